The molecular formula is C21H20F3N3O4S2. The first kappa shape index (κ1) is 23.5. The van der Waals surface area contributed by atoms with Gasteiger partial charge in [0.1, 0.15) is 4.21 Å². The topological polar surface area (TPSA) is 92.5 Å². The van der Waals surface area contributed by atoms with Crippen LogP contribution in [0.3, 0.4) is 0 Å². The molecule has 33 heavy (non-hydrogen) atoms. The van der Waals surface area contributed by atoms with E-state index in [1.807, 2.05) is 6.07 Å². The second-order valence-electron chi connectivity index (χ2n) is 7.65. The van der Waals surface area contributed by atoms with E-state index in [9.17, 15) is 31.5 Å². The normalized spacial score (nSPS) is 15.0. The lowest BCUT2D eigenvalue weighted by Gasteiger charge is -2.22. The van der Waals surface area contributed by atoms with Crippen molar-refractivity contribution in [2.75, 3.05) is 6.61 Å². The molecule has 1 aromatic carbocycles. The molecule has 0 unspecified atom stereocenters. The second-order valence-corrected chi connectivity index (χ2v) is 10.8. The molecular weight excluding hydrogens is 479 g/mol. The largest absolute Gasteiger partial charge is 0.395 e. The van der Waals surface area contributed by atoms with Gasteiger partial charge >= 0.3 is 6.18 Å². The number of halogens is 3. The summed E-state index contributed by atoms with van der Waals surface area (Å²) in [4.78, 5) is 14.7. The molecule has 0 bridgehead atoms. The fraction of sp³-hybridized carbons (Fsp3) is 0.333. The molecule has 12 heteroatoms. The zero-order valence-electron chi connectivity index (χ0n) is 17.2. The molecule has 0 spiro atoms. The fourth-order valence-corrected chi connectivity index (χ4v) is 6.23. The predicted octanol–water partition coefficient (Wildman–Crippen LogP) is 3.29. The van der Waals surface area contributed by atoms with Crippen molar-refractivity contribution < 1.29 is 31.5 Å². The van der Waals surface area contributed by atoms with E-state index in [0.717, 1.165) is 15.4 Å². The third-order valence-corrected chi connectivity index (χ3v) is 8.49. The zero-order chi connectivity index (χ0) is 23.8. The van der Waals surface area contributed by atoms with Crippen molar-refractivity contribution in [3.05, 3.63) is 70.4 Å². The Hall–Kier alpha value is -2.70. The van der Waals surface area contributed by atoms with Crippen LogP contribution in [-0.4, -0.2) is 46.3 Å². The predicted molar refractivity (Wildman–Crippen MR) is 114 cm³/mol. The highest BCUT2D eigenvalue weighted by Gasteiger charge is 2.33. The van der Waals surface area contributed by atoms with Crippen molar-refractivity contribution in [1.82, 2.24) is 14.1 Å². The van der Waals surface area contributed by atoms with Gasteiger partial charge in [-0.25, -0.2) is 0 Å². The van der Waals surface area contributed by atoms with E-state index in [2.05, 4.69) is 5.10 Å². The third-order valence-electron chi connectivity index (χ3n) is 5.34. The summed E-state index contributed by atoms with van der Waals surface area (Å²) in [5.74, 6) is -1.02. The number of carbonyl (C=O) groups is 1. The summed E-state index contributed by atoms with van der Waals surface area (Å²) in [6, 6.07) is 11.5. The molecule has 1 atom stereocenters. The average Bonchev–Trinajstić information content (AvgIpc) is 3.48. The standard InChI is InChI=1S/C21H20F3N3O4S2/c22-21(23,24)9-8-16-6-7-19(32-16)33(30,31)27-11-15-10-26(12-18(15)25-27)20(29)17(13-28)14-4-2-1-3-5-14/h1-7,11,17,28H,8-10,12-13H2/t17-/m1/s1. The highest BCUT2D eigenvalue weighted by Crippen LogP contribution is 2.31. The zero-order valence-corrected chi connectivity index (χ0v) is 18.8. The maximum absolute atomic E-state index is 12.9. The highest BCUT2D eigenvalue weighted by molar-refractivity contribution is 7.91. The Bertz CT molecular complexity index is 1230. The SMILES string of the molecule is O=C([C@H](CO)c1ccccc1)N1Cc2cn(S(=O)(=O)c3ccc(CCC(F)(F)F)s3)nc2C1. The maximum Gasteiger partial charge on any atom is 0.389 e. The Morgan fingerprint density at radius 3 is 2.52 bits per heavy atom. The van der Waals surface area contributed by atoms with Crippen LogP contribution in [-0.2, 0) is 34.3 Å². The van der Waals surface area contributed by atoms with Gasteiger partial charge in [0, 0.05) is 29.6 Å². The lowest BCUT2D eigenvalue weighted by molar-refractivity contribution is -0.135. The average molecular weight is 500 g/mol. The van der Waals surface area contributed by atoms with E-state index in [1.54, 1.807) is 24.3 Å². The van der Waals surface area contributed by atoms with Crippen LogP contribution in [0.1, 0.15) is 34.0 Å². The second kappa shape index (κ2) is 8.92. The number of hydrogen-bond acceptors (Lipinski definition) is 6. The van der Waals surface area contributed by atoms with E-state index < -0.39 is 28.5 Å². The Balaban J connectivity index is 1.47. The van der Waals surface area contributed by atoms with Gasteiger partial charge in [-0.2, -0.15) is 30.8 Å². The molecule has 4 rings (SSSR count). The molecule has 176 valence electrons. The van der Waals surface area contributed by atoms with Crippen LogP contribution < -0.4 is 0 Å². The number of thiophene rings is 1. The summed E-state index contributed by atoms with van der Waals surface area (Å²) in [6.45, 7) is -0.115. The van der Waals surface area contributed by atoms with Gasteiger partial charge in [-0.3, -0.25) is 4.79 Å². The summed E-state index contributed by atoms with van der Waals surface area (Å²) >= 11 is 0.785. The van der Waals surface area contributed by atoms with Gasteiger partial charge in [0.05, 0.1) is 24.8 Å². The fourth-order valence-electron chi connectivity index (χ4n) is 3.63. The molecule has 1 aliphatic heterocycles. The van der Waals surface area contributed by atoms with E-state index in [4.69, 9.17) is 0 Å². The minimum Gasteiger partial charge on any atom is -0.395 e. The molecule has 0 saturated carbocycles. The third kappa shape index (κ3) is 4.97. The number of rotatable bonds is 7. The van der Waals surface area contributed by atoms with Gasteiger partial charge in [-0.15, -0.1) is 11.3 Å². The maximum atomic E-state index is 12.9. The van der Waals surface area contributed by atoms with Crippen LogP contribution in [0.5, 0.6) is 0 Å². The lowest BCUT2D eigenvalue weighted by atomic mass is 9.98. The molecule has 0 saturated heterocycles. The Kier molecular flexibility index (Phi) is 6.34. The first-order chi connectivity index (χ1) is 15.6. The van der Waals surface area contributed by atoms with Gasteiger partial charge in [-0.1, -0.05) is 30.3 Å². The number of carbonyl (C=O) groups excluding carboxylic acids is 1. The van der Waals surface area contributed by atoms with Crippen LogP contribution in [0.25, 0.3) is 0 Å². The van der Waals surface area contributed by atoms with Gasteiger partial charge in [-0.05, 0) is 24.1 Å². The minimum atomic E-state index is -4.31. The van der Waals surface area contributed by atoms with Crippen LogP contribution in [0.4, 0.5) is 13.2 Å². The van der Waals surface area contributed by atoms with Crippen molar-refractivity contribution in [2.24, 2.45) is 0 Å². The van der Waals surface area contributed by atoms with Crippen molar-refractivity contribution in [2.45, 2.75) is 42.2 Å². The van der Waals surface area contributed by atoms with E-state index in [0.29, 0.717) is 21.7 Å². The van der Waals surface area contributed by atoms with E-state index in [1.165, 1.54) is 23.2 Å². The van der Waals surface area contributed by atoms with E-state index in [-0.39, 0.29) is 36.2 Å². The molecule has 0 radical (unpaired) electrons. The summed E-state index contributed by atoms with van der Waals surface area (Å²) in [5, 5.41) is 13.9. The molecule has 0 fully saturated rings. The monoisotopic (exact) mass is 499 g/mol. The highest BCUT2D eigenvalue weighted by atomic mass is 32.2. The Morgan fingerprint density at radius 1 is 1.15 bits per heavy atom. The summed E-state index contributed by atoms with van der Waals surface area (Å²) < 4.78 is 63.8. The van der Waals surface area contributed by atoms with Gasteiger partial charge < -0.3 is 10.0 Å². The van der Waals surface area contributed by atoms with Crippen molar-refractivity contribution in [3.63, 3.8) is 0 Å². The number of alkyl halides is 3. The molecule has 1 aliphatic rings. The van der Waals surface area contributed by atoms with Crippen molar-refractivity contribution in [1.29, 1.82) is 0 Å². The number of benzene rings is 1. The van der Waals surface area contributed by atoms with Crippen LogP contribution >= 0.6 is 11.3 Å². The summed E-state index contributed by atoms with van der Waals surface area (Å²) in [6.07, 6.45) is -4.30. The van der Waals surface area contributed by atoms with Gasteiger partial charge in [0.2, 0.25) is 5.91 Å². The molecule has 2 aromatic heterocycles. The first-order valence-corrected chi connectivity index (χ1v) is 12.3. The lowest BCUT2D eigenvalue weighted by Crippen LogP contribution is -2.33. The number of aliphatic hydroxyl groups is 1. The number of nitrogens with zero attached hydrogens (tertiary/aromatic N) is 3. The van der Waals surface area contributed by atoms with E-state index >= 15 is 0 Å². The van der Waals surface area contributed by atoms with Crippen LogP contribution in [0.15, 0.2) is 52.9 Å². The molecule has 1 amide bonds. The smallest absolute Gasteiger partial charge is 0.389 e. The number of aliphatic hydroxyl groups excluding tert-OH is 1. The van der Waals surface area contributed by atoms with Gasteiger partial charge in [0.25, 0.3) is 10.0 Å². The number of amides is 1. The van der Waals surface area contributed by atoms with Crippen molar-refractivity contribution >= 4 is 27.3 Å². The van der Waals surface area contributed by atoms with Crippen LogP contribution in [0.2, 0.25) is 0 Å². The minimum absolute atomic E-state index is 0.0985. The number of aryl methyl sites for hydroxylation is 1. The molecule has 7 nitrogen and oxygen atoms in total. The Morgan fingerprint density at radius 2 is 1.88 bits per heavy atom. The molecule has 3 heterocycles. The summed E-state index contributed by atoms with van der Waals surface area (Å²) in [7, 11) is -4.05. The van der Waals surface area contributed by atoms with Gasteiger partial charge in [0.15, 0.2) is 0 Å². The molecule has 3 aromatic rings. The molecule has 0 aliphatic carbocycles. The number of aromatic nitrogens is 2. The first-order valence-electron chi connectivity index (χ1n) is 10.0. The molecule has 1 N–H and O–H groups in total. The quantitative estimate of drug-likeness (QED) is 0.539. The van der Waals surface area contributed by atoms with Crippen molar-refractivity contribution in [3.8, 4) is 0 Å². The number of hydrogen-bond donors (Lipinski definition) is 1. The Labute approximate surface area is 192 Å². The number of fused-ring (bicyclic) bond motifs is 1. The van der Waals surface area contributed by atoms with Crippen LogP contribution in [0, 0.1) is 0 Å². The summed E-state index contributed by atoms with van der Waals surface area (Å²) in [5.41, 5.74) is 1.66.